The maximum atomic E-state index is 11.9. The van der Waals surface area contributed by atoms with E-state index in [9.17, 15) is 4.79 Å². The summed E-state index contributed by atoms with van der Waals surface area (Å²) in [5.41, 5.74) is 1.22. The molecule has 1 aromatic carbocycles. The molecule has 1 atom stereocenters. The average Bonchev–Trinajstić information content (AvgIpc) is 2.85. The van der Waals surface area contributed by atoms with Crippen molar-refractivity contribution in [3.05, 3.63) is 41.4 Å². The summed E-state index contributed by atoms with van der Waals surface area (Å²) in [5.74, 6) is -0.0180. The Kier molecular flexibility index (Phi) is 4.38. The molecule has 5 heteroatoms. The highest BCUT2D eigenvalue weighted by Crippen LogP contribution is 2.24. The number of thioether (sulfide) groups is 1. The zero-order chi connectivity index (χ0) is 13.0. The van der Waals surface area contributed by atoms with Crippen molar-refractivity contribution in [2.24, 2.45) is 0 Å². The number of hydrogen-bond acceptors (Lipinski definition) is 4. The number of aryl methyl sites for hydroxylation is 1. The van der Waals surface area contributed by atoms with Crippen LogP contribution in [0.1, 0.15) is 12.5 Å². The number of rotatable bonds is 4. The zero-order valence-corrected chi connectivity index (χ0v) is 11.8. The van der Waals surface area contributed by atoms with Gasteiger partial charge in [0.2, 0.25) is 5.91 Å². The number of anilines is 1. The van der Waals surface area contributed by atoms with Crippen molar-refractivity contribution in [3.63, 3.8) is 0 Å². The molecule has 18 heavy (non-hydrogen) atoms. The smallest absolute Gasteiger partial charge is 0.239 e. The lowest BCUT2D eigenvalue weighted by molar-refractivity contribution is -0.115. The molecule has 1 aromatic heterocycles. The van der Waals surface area contributed by atoms with Crippen molar-refractivity contribution in [2.75, 3.05) is 5.32 Å². The number of nitrogens with one attached hydrogen (secondary N) is 1. The third-order valence-corrected chi connectivity index (χ3v) is 4.17. The molecule has 94 valence electrons. The lowest BCUT2D eigenvalue weighted by Crippen LogP contribution is -2.22. The van der Waals surface area contributed by atoms with E-state index in [-0.39, 0.29) is 11.2 Å². The summed E-state index contributed by atoms with van der Waals surface area (Å²) in [6.07, 6.45) is 1.68. The molecule has 1 N–H and O–H groups in total. The van der Waals surface area contributed by atoms with E-state index in [0.717, 1.165) is 4.90 Å². The van der Waals surface area contributed by atoms with Gasteiger partial charge in [0, 0.05) is 16.5 Å². The van der Waals surface area contributed by atoms with Crippen molar-refractivity contribution < 1.29 is 4.79 Å². The second-order valence-corrected chi connectivity index (χ2v) is 6.21. The predicted octanol–water partition coefficient (Wildman–Crippen LogP) is 3.57. The Bertz CT molecular complexity index is 508. The molecule has 0 radical (unpaired) electrons. The minimum absolute atomic E-state index is 0.0180. The standard InChI is InChI=1S/C13H14N2OS2/c1-9-3-5-11(6-4-9)18-10(2)12(16)15-13-14-7-8-17-13/h3-8,10H,1-2H3,(H,14,15,16)/t10-/m1/s1. The number of amides is 1. The lowest BCUT2D eigenvalue weighted by Gasteiger charge is -2.10. The first-order valence-electron chi connectivity index (χ1n) is 5.59. The highest BCUT2D eigenvalue weighted by molar-refractivity contribution is 8.00. The highest BCUT2D eigenvalue weighted by Gasteiger charge is 2.15. The Labute approximate surface area is 115 Å². The number of benzene rings is 1. The van der Waals surface area contributed by atoms with Crippen LogP contribution in [-0.4, -0.2) is 16.1 Å². The van der Waals surface area contributed by atoms with Gasteiger partial charge in [-0.15, -0.1) is 23.1 Å². The van der Waals surface area contributed by atoms with E-state index in [1.165, 1.54) is 16.9 Å². The maximum absolute atomic E-state index is 11.9. The molecule has 2 rings (SSSR count). The van der Waals surface area contributed by atoms with Gasteiger partial charge in [-0.25, -0.2) is 4.98 Å². The van der Waals surface area contributed by atoms with Crippen LogP contribution in [0.25, 0.3) is 0 Å². The Morgan fingerprint density at radius 1 is 1.39 bits per heavy atom. The molecule has 0 saturated heterocycles. The van der Waals surface area contributed by atoms with Crippen molar-refractivity contribution in [1.29, 1.82) is 0 Å². The van der Waals surface area contributed by atoms with E-state index in [2.05, 4.69) is 10.3 Å². The Morgan fingerprint density at radius 3 is 2.72 bits per heavy atom. The van der Waals surface area contributed by atoms with Crippen LogP contribution < -0.4 is 5.32 Å². The van der Waals surface area contributed by atoms with Gasteiger partial charge in [0.25, 0.3) is 0 Å². The van der Waals surface area contributed by atoms with Crippen molar-refractivity contribution >= 4 is 34.1 Å². The molecular weight excluding hydrogens is 264 g/mol. The maximum Gasteiger partial charge on any atom is 0.239 e. The summed E-state index contributed by atoms with van der Waals surface area (Å²) < 4.78 is 0. The second-order valence-electron chi connectivity index (χ2n) is 3.90. The van der Waals surface area contributed by atoms with Crippen LogP contribution >= 0.6 is 23.1 Å². The summed E-state index contributed by atoms with van der Waals surface area (Å²) in [7, 11) is 0. The molecule has 1 amide bonds. The first kappa shape index (κ1) is 13.1. The molecule has 0 unspecified atom stereocenters. The molecule has 0 spiro atoms. The first-order valence-corrected chi connectivity index (χ1v) is 7.35. The molecule has 0 aliphatic rings. The van der Waals surface area contributed by atoms with Crippen LogP contribution in [0.2, 0.25) is 0 Å². The normalized spacial score (nSPS) is 12.1. The Morgan fingerprint density at radius 2 is 2.11 bits per heavy atom. The monoisotopic (exact) mass is 278 g/mol. The third kappa shape index (κ3) is 3.58. The summed E-state index contributed by atoms with van der Waals surface area (Å²) in [5, 5.41) is 5.15. The van der Waals surface area contributed by atoms with Crippen LogP contribution in [0.3, 0.4) is 0 Å². The quantitative estimate of drug-likeness (QED) is 0.869. The van der Waals surface area contributed by atoms with Crippen molar-refractivity contribution in [2.45, 2.75) is 24.0 Å². The summed E-state index contributed by atoms with van der Waals surface area (Å²) in [6.45, 7) is 3.94. The Balaban J connectivity index is 1.93. The zero-order valence-electron chi connectivity index (χ0n) is 10.2. The number of carbonyl (C=O) groups excluding carboxylic acids is 1. The largest absolute Gasteiger partial charge is 0.301 e. The molecule has 0 saturated carbocycles. The minimum atomic E-state index is -0.142. The van der Waals surface area contributed by atoms with Gasteiger partial charge in [0.05, 0.1) is 5.25 Å². The third-order valence-electron chi connectivity index (χ3n) is 2.37. The summed E-state index contributed by atoms with van der Waals surface area (Å²) >= 11 is 2.97. The van der Waals surface area contributed by atoms with E-state index < -0.39 is 0 Å². The van der Waals surface area contributed by atoms with Crippen molar-refractivity contribution in [1.82, 2.24) is 4.98 Å². The fraction of sp³-hybridized carbons (Fsp3) is 0.231. The van der Waals surface area contributed by atoms with Crippen LogP contribution in [0.15, 0.2) is 40.7 Å². The lowest BCUT2D eigenvalue weighted by atomic mass is 10.2. The molecule has 0 fully saturated rings. The van der Waals surface area contributed by atoms with Gasteiger partial charge in [0.15, 0.2) is 5.13 Å². The molecule has 0 aliphatic carbocycles. The molecule has 1 heterocycles. The topological polar surface area (TPSA) is 42.0 Å². The second kappa shape index (κ2) is 6.02. The van der Waals surface area contributed by atoms with Crippen LogP contribution in [0.4, 0.5) is 5.13 Å². The van der Waals surface area contributed by atoms with Gasteiger partial charge in [-0.2, -0.15) is 0 Å². The van der Waals surface area contributed by atoms with Crippen LogP contribution in [0, 0.1) is 6.92 Å². The average molecular weight is 278 g/mol. The summed E-state index contributed by atoms with van der Waals surface area (Å²) in [6, 6.07) is 8.17. The number of hydrogen-bond donors (Lipinski definition) is 1. The predicted molar refractivity (Wildman–Crippen MR) is 77.2 cm³/mol. The molecule has 0 aliphatic heterocycles. The van der Waals surface area contributed by atoms with Crippen LogP contribution in [0.5, 0.6) is 0 Å². The SMILES string of the molecule is Cc1ccc(S[C@H](C)C(=O)Nc2nccs2)cc1. The number of nitrogens with zero attached hydrogens (tertiary/aromatic N) is 1. The molecule has 3 nitrogen and oxygen atoms in total. The van der Waals surface area contributed by atoms with E-state index in [0.29, 0.717) is 5.13 Å². The van der Waals surface area contributed by atoms with E-state index in [4.69, 9.17) is 0 Å². The van der Waals surface area contributed by atoms with Gasteiger partial charge < -0.3 is 5.32 Å². The van der Waals surface area contributed by atoms with Gasteiger partial charge in [-0.3, -0.25) is 4.79 Å². The van der Waals surface area contributed by atoms with Gasteiger partial charge in [0.1, 0.15) is 0 Å². The fourth-order valence-electron chi connectivity index (χ4n) is 1.37. The Hall–Kier alpha value is -1.33. The number of carbonyl (C=O) groups is 1. The first-order chi connectivity index (χ1) is 8.65. The molecular formula is C13H14N2OS2. The summed E-state index contributed by atoms with van der Waals surface area (Å²) in [4.78, 5) is 17.1. The van der Waals surface area contributed by atoms with Gasteiger partial charge in [-0.05, 0) is 26.0 Å². The molecule has 2 aromatic rings. The van der Waals surface area contributed by atoms with Crippen molar-refractivity contribution in [3.8, 4) is 0 Å². The van der Waals surface area contributed by atoms with E-state index in [1.54, 1.807) is 18.0 Å². The minimum Gasteiger partial charge on any atom is -0.301 e. The fourth-order valence-corrected chi connectivity index (χ4v) is 2.77. The van der Waals surface area contributed by atoms with Gasteiger partial charge >= 0.3 is 0 Å². The highest BCUT2D eigenvalue weighted by atomic mass is 32.2. The number of aromatic nitrogens is 1. The number of thiazole rings is 1. The molecule has 0 bridgehead atoms. The van der Waals surface area contributed by atoms with Crippen LogP contribution in [-0.2, 0) is 4.79 Å². The van der Waals surface area contributed by atoms with E-state index >= 15 is 0 Å². The van der Waals surface area contributed by atoms with Gasteiger partial charge in [-0.1, -0.05) is 17.7 Å². The van der Waals surface area contributed by atoms with E-state index in [1.807, 2.05) is 43.5 Å².